The van der Waals surface area contributed by atoms with Gasteiger partial charge in [0, 0.05) is 28.7 Å². The summed E-state index contributed by atoms with van der Waals surface area (Å²) in [4.78, 5) is 29.3. The maximum Gasteiger partial charge on any atom is 0.253 e. The summed E-state index contributed by atoms with van der Waals surface area (Å²) in [6.07, 6.45) is 7.57. The summed E-state index contributed by atoms with van der Waals surface area (Å²) >= 11 is 9.49. The molecule has 14 heteroatoms. The number of benzene rings is 1. The van der Waals surface area contributed by atoms with Crippen LogP contribution in [0, 0.1) is 10.4 Å². The van der Waals surface area contributed by atoms with Crippen molar-refractivity contribution in [3.8, 4) is 0 Å². The Hall–Kier alpha value is -3.46. The first kappa shape index (κ1) is 27.6. The van der Waals surface area contributed by atoms with Gasteiger partial charge in [-0.3, -0.25) is 4.79 Å². The summed E-state index contributed by atoms with van der Waals surface area (Å²) in [6.45, 7) is 0.854. The van der Waals surface area contributed by atoms with Crippen LogP contribution in [0.4, 0.5) is 23.1 Å². The molecule has 0 aliphatic carbocycles. The number of amides is 1. The number of nitrogens with zero attached hydrogens (tertiary/aromatic N) is 6. The Labute approximate surface area is 231 Å². The van der Waals surface area contributed by atoms with Crippen LogP contribution >= 0.6 is 27.5 Å². The van der Waals surface area contributed by atoms with Gasteiger partial charge in [0.05, 0.1) is 37.4 Å². The van der Waals surface area contributed by atoms with Crippen molar-refractivity contribution < 1.29 is 14.5 Å². The standard InChI is InChI=1S/C24H25BrClN9O3/c1-33-14-30-24(34(37)38)20(33)12-35(2,3)8-4-5-22(36)32-21-10-16-19(11-27-21)28-13-29-23(16)31-15-6-7-18(26)17(25)9-15/h4-7,9-11,13-14,34H,8,12H2,1-3H3,(H,27,32,36)(H,28,29,31)/b5-4+. The summed E-state index contributed by atoms with van der Waals surface area (Å²) in [6, 6.07) is 7.11. The molecule has 0 aliphatic heterocycles. The molecule has 0 saturated heterocycles. The van der Waals surface area contributed by atoms with E-state index in [1.807, 2.05) is 26.2 Å². The highest BCUT2D eigenvalue weighted by Crippen LogP contribution is 2.29. The van der Waals surface area contributed by atoms with Crippen molar-refractivity contribution in [2.75, 3.05) is 31.3 Å². The largest absolute Gasteiger partial charge is 0.626 e. The Balaban J connectivity index is 1.43. The Kier molecular flexibility index (Phi) is 8.35. The van der Waals surface area contributed by atoms with Crippen molar-refractivity contribution in [1.29, 1.82) is 0 Å². The number of carbonyl (C=O) groups is 1. The number of aryl methyl sites for hydroxylation is 1. The number of quaternary nitrogens is 2. The molecule has 12 nitrogen and oxygen atoms in total. The molecule has 3 N–H and O–H groups in total. The van der Waals surface area contributed by atoms with Crippen LogP contribution in [0.5, 0.6) is 0 Å². The number of imidazole rings is 1. The smallest absolute Gasteiger partial charge is 0.253 e. The predicted molar refractivity (Wildman–Crippen MR) is 149 cm³/mol. The molecule has 198 valence electrons. The first-order valence-electron chi connectivity index (χ1n) is 11.4. The maximum absolute atomic E-state index is 12.6. The van der Waals surface area contributed by atoms with Gasteiger partial charge in [0.25, 0.3) is 5.82 Å². The molecular formula is C24H25BrClN9O3. The molecule has 0 bridgehead atoms. The van der Waals surface area contributed by atoms with E-state index in [0.29, 0.717) is 50.8 Å². The molecule has 1 amide bonds. The molecule has 38 heavy (non-hydrogen) atoms. The zero-order valence-corrected chi connectivity index (χ0v) is 23.1. The zero-order valence-electron chi connectivity index (χ0n) is 20.8. The summed E-state index contributed by atoms with van der Waals surface area (Å²) in [5.74, 6) is 0.442. The molecule has 1 aromatic carbocycles. The molecule has 0 aliphatic rings. The van der Waals surface area contributed by atoms with Crippen LogP contribution in [-0.2, 0) is 18.4 Å². The van der Waals surface area contributed by atoms with Gasteiger partial charge >= 0.3 is 0 Å². The van der Waals surface area contributed by atoms with E-state index in [2.05, 4.69) is 46.5 Å². The van der Waals surface area contributed by atoms with E-state index in [-0.39, 0.29) is 11.7 Å². The number of aromatic nitrogens is 5. The van der Waals surface area contributed by atoms with Crippen LogP contribution in [0.1, 0.15) is 5.69 Å². The van der Waals surface area contributed by atoms with Crippen molar-refractivity contribution in [1.82, 2.24) is 24.5 Å². The fourth-order valence-corrected chi connectivity index (χ4v) is 4.23. The first-order chi connectivity index (χ1) is 18.0. The van der Waals surface area contributed by atoms with Crippen LogP contribution in [0.2, 0.25) is 5.02 Å². The van der Waals surface area contributed by atoms with Crippen molar-refractivity contribution in [2.24, 2.45) is 7.05 Å². The number of halogens is 2. The minimum Gasteiger partial charge on any atom is -0.626 e. The Morgan fingerprint density at radius 2 is 2.00 bits per heavy atom. The average Bonchev–Trinajstić information content (AvgIpc) is 3.21. The van der Waals surface area contributed by atoms with E-state index in [1.54, 1.807) is 36.0 Å². The Morgan fingerprint density at radius 3 is 2.74 bits per heavy atom. The molecule has 4 aromatic rings. The number of anilines is 3. The van der Waals surface area contributed by atoms with Gasteiger partial charge in [-0.15, -0.1) is 0 Å². The summed E-state index contributed by atoms with van der Waals surface area (Å²) < 4.78 is 2.79. The summed E-state index contributed by atoms with van der Waals surface area (Å²) in [5, 5.41) is 28.6. The highest BCUT2D eigenvalue weighted by Gasteiger charge is 2.22. The molecule has 3 heterocycles. The lowest BCUT2D eigenvalue weighted by atomic mass is 10.2. The van der Waals surface area contributed by atoms with Crippen molar-refractivity contribution in [2.45, 2.75) is 6.54 Å². The van der Waals surface area contributed by atoms with Gasteiger partial charge in [-0.25, -0.2) is 15.0 Å². The molecule has 0 spiro atoms. The lowest BCUT2D eigenvalue weighted by Gasteiger charge is -2.30. The quantitative estimate of drug-likeness (QED) is 0.150. The third-order valence-corrected chi connectivity index (χ3v) is 6.87. The highest BCUT2D eigenvalue weighted by atomic mass is 79.9. The van der Waals surface area contributed by atoms with Gasteiger partial charge in [-0.05, 0) is 46.3 Å². The maximum atomic E-state index is 12.6. The molecule has 0 atom stereocenters. The molecule has 0 radical (unpaired) electrons. The van der Waals surface area contributed by atoms with E-state index in [9.17, 15) is 15.2 Å². The topological polar surface area (TPSA) is 148 Å². The monoisotopic (exact) mass is 601 g/mol. The van der Waals surface area contributed by atoms with Crippen molar-refractivity contribution in [3.05, 3.63) is 80.9 Å². The van der Waals surface area contributed by atoms with Gasteiger partial charge in [0.1, 0.15) is 30.8 Å². The third kappa shape index (κ3) is 6.69. The molecular weight excluding hydrogens is 578 g/mol. The van der Waals surface area contributed by atoms with Crippen LogP contribution in [0.25, 0.3) is 10.9 Å². The van der Waals surface area contributed by atoms with Crippen molar-refractivity contribution in [3.63, 3.8) is 0 Å². The zero-order chi connectivity index (χ0) is 27.4. The fourth-order valence-electron chi connectivity index (χ4n) is 3.73. The number of carbonyl (C=O) groups excluding carboxylic acids is 1. The number of pyridine rings is 1. The summed E-state index contributed by atoms with van der Waals surface area (Å²) in [7, 11) is 5.58. The highest BCUT2D eigenvalue weighted by molar-refractivity contribution is 9.10. The van der Waals surface area contributed by atoms with Gasteiger partial charge < -0.3 is 35.3 Å². The number of fused-ring (bicyclic) bond motifs is 1. The van der Waals surface area contributed by atoms with Gasteiger partial charge in [0.15, 0.2) is 5.69 Å². The lowest BCUT2D eigenvalue weighted by molar-refractivity contribution is -0.898. The van der Waals surface area contributed by atoms with E-state index in [1.165, 1.54) is 18.7 Å². The van der Waals surface area contributed by atoms with Crippen LogP contribution in [0.15, 0.2) is 59.7 Å². The molecule has 3 aromatic heterocycles. The molecule has 0 fully saturated rings. The number of likely N-dealkylation sites (N-methyl/N-ethyl adjacent to an activating group) is 1. The minimum atomic E-state index is -1.32. The van der Waals surface area contributed by atoms with E-state index < -0.39 is 5.23 Å². The fraction of sp³-hybridized carbons (Fsp3) is 0.208. The molecule has 4 rings (SSSR count). The third-order valence-electron chi connectivity index (χ3n) is 5.65. The molecule has 0 saturated carbocycles. The van der Waals surface area contributed by atoms with Gasteiger partial charge in [-0.2, -0.15) is 4.98 Å². The summed E-state index contributed by atoms with van der Waals surface area (Å²) in [5.41, 5.74) is 1.92. The molecule has 0 unspecified atom stereocenters. The number of hydrogen-bond donors (Lipinski definition) is 3. The normalized spacial score (nSPS) is 12.0. The Bertz CT molecular complexity index is 1510. The van der Waals surface area contributed by atoms with Crippen molar-refractivity contribution >= 4 is 67.5 Å². The SMILES string of the molecule is Cn1cnc([NH+]([O-])[O-])c1C[N+](C)(C)C/C=C/C(=O)Nc1cc2c(Nc3ccc(Cl)c(Br)c3)ncnc2cn1. The predicted octanol–water partition coefficient (Wildman–Crippen LogP) is 3.20. The van der Waals surface area contributed by atoms with Crippen LogP contribution in [0.3, 0.4) is 0 Å². The average molecular weight is 603 g/mol. The Morgan fingerprint density at radius 1 is 1.21 bits per heavy atom. The van der Waals surface area contributed by atoms with E-state index >= 15 is 0 Å². The number of hydrogen-bond acceptors (Lipinski definition) is 8. The number of rotatable bonds is 9. The lowest BCUT2D eigenvalue weighted by Crippen LogP contribution is -2.96. The van der Waals surface area contributed by atoms with Crippen LogP contribution in [-0.4, -0.2) is 55.5 Å². The number of nitrogens with one attached hydrogen (secondary N) is 3. The van der Waals surface area contributed by atoms with E-state index in [0.717, 1.165) is 10.2 Å². The second-order valence-electron chi connectivity index (χ2n) is 9.17. The van der Waals surface area contributed by atoms with E-state index in [4.69, 9.17) is 11.6 Å². The second-order valence-corrected chi connectivity index (χ2v) is 10.4. The van der Waals surface area contributed by atoms with Gasteiger partial charge in [0.2, 0.25) is 5.91 Å². The first-order valence-corrected chi connectivity index (χ1v) is 12.5. The van der Waals surface area contributed by atoms with Crippen LogP contribution < -0.4 is 15.9 Å². The minimum absolute atomic E-state index is 0.0793. The second kappa shape index (κ2) is 11.5. The van der Waals surface area contributed by atoms with Gasteiger partial charge in [-0.1, -0.05) is 11.6 Å².